The van der Waals surface area contributed by atoms with Crippen LogP contribution >= 0.6 is 0 Å². The standard InChI is InChI=1S/C27H26FN3O4/c1-27(2,14-32)31-25(33)17-6-4-5-16(11-17)19-12-20-22(13-21(19)29)35-24(23(20)26(34)30-3)15-7-9-18(28)10-8-15/h4-13,32H,14,29H2,1-3H3,(H,30,34)(H,31,33). The molecule has 0 fully saturated rings. The normalized spacial score (nSPS) is 11.5. The van der Waals surface area contributed by atoms with Gasteiger partial charge in [0.05, 0.1) is 17.7 Å². The molecular weight excluding hydrogens is 449 g/mol. The van der Waals surface area contributed by atoms with E-state index in [0.29, 0.717) is 50.2 Å². The summed E-state index contributed by atoms with van der Waals surface area (Å²) in [5.41, 5.74) is 8.91. The third kappa shape index (κ3) is 4.74. The molecule has 4 rings (SSSR count). The Morgan fingerprint density at radius 1 is 1.03 bits per heavy atom. The average Bonchev–Trinajstić information content (AvgIpc) is 3.21. The highest BCUT2D eigenvalue weighted by atomic mass is 19.1. The van der Waals surface area contributed by atoms with E-state index in [1.165, 1.54) is 19.2 Å². The van der Waals surface area contributed by atoms with E-state index in [1.807, 2.05) is 6.07 Å². The summed E-state index contributed by atoms with van der Waals surface area (Å²) in [5.74, 6) is -0.795. The fourth-order valence-corrected chi connectivity index (χ4v) is 3.81. The van der Waals surface area contributed by atoms with Crippen LogP contribution in [0.2, 0.25) is 0 Å². The van der Waals surface area contributed by atoms with Crippen molar-refractivity contribution in [2.45, 2.75) is 19.4 Å². The molecule has 0 unspecified atom stereocenters. The minimum Gasteiger partial charge on any atom is -0.455 e. The monoisotopic (exact) mass is 475 g/mol. The van der Waals surface area contributed by atoms with E-state index in [9.17, 15) is 19.1 Å². The van der Waals surface area contributed by atoms with Gasteiger partial charge in [0.2, 0.25) is 0 Å². The molecule has 0 saturated carbocycles. The predicted molar refractivity (Wildman–Crippen MR) is 133 cm³/mol. The first-order valence-corrected chi connectivity index (χ1v) is 11.0. The number of carbonyl (C=O) groups excluding carboxylic acids is 2. The number of rotatable bonds is 6. The Labute approximate surface area is 201 Å². The molecule has 0 aliphatic heterocycles. The molecule has 0 atom stereocenters. The summed E-state index contributed by atoms with van der Waals surface area (Å²) in [6.45, 7) is 3.23. The van der Waals surface area contributed by atoms with Crippen LogP contribution < -0.4 is 16.4 Å². The third-order valence-electron chi connectivity index (χ3n) is 5.70. The predicted octanol–water partition coefficient (Wildman–Crippen LogP) is 4.35. The highest BCUT2D eigenvalue weighted by molar-refractivity contribution is 6.12. The number of hydrogen-bond donors (Lipinski definition) is 4. The summed E-state index contributed by atoms with van der Waals surface area (Å²) >= 11 is 0. The largest absolute Gasteiger partial charge is 0.455 e. The van der Waals surface area contributed by atoms with Gasteiger partial charge in [0, 0.05) is 40.9 Å². The summed E-state index contributed by atoms with van der Waals surface area (Å²) in [5, 5.41) is 15.4. The van der Waals surface area contributed by atoms with Crippen molar-refractivity contribution in [3.8, 4) is 22.5 Å². The molecule has 0 aliphatic carbocycles. The highest BCUT2D eigenvalue weighted by Crippen LogP contribution is 2.39. The van der Waals surface area contributed by atoms with Gasteiger partial charge in [0.25, 0.3) is 11.8 Å². The Bertz CT molecular complexity index is 1420. The van der Waals surface area contributed by atoms with Crippen molar-refractivity contribution >= 4 is 28.5 Å². The molecule has 3 aromatic carbocycles. The molecule has 0 aliphatic rings. The van der Waals surface area contributed by atoms with E-state index < -0.39 is 11.4 Å². The van der Waals surface area contributed by atoms with E-state index in [2.05, 4.69) is 10.6 Å². The molecule has 8 heteroatoms. The number of furan rings is 1. The Balaban J connectivity index is 1.84. The molecular formula is C27H26FN3O4. The van der Waals surface area contributed by atoms with Crippen molar-refractivity contribution in [3.05, 3.63) is 77.6 Å². The molecule has 35 heavy (non-hydrogen) atoms. The molecule has 7 nitrogen and oxygen atoms in total. The fraction of sp³-hybridized carbons (Fsp3) is 0.185. The number of aliphatic hydroxyl groups is 1. The van der Waals surface area contributed by atoms with Crippen molar-refractivity contribution in [1.82, 2.24) is 10.6 Å². The molecule has 4 aromatic rings. The molecule has 1 aromatic heterocycles. The lowest BCUT2D eigenvalue weighted by Crippen LogP contribution is -2.46. The van der Waals surface area contributed by atoms with Crippen molar-refractivity contribution in [2.75, 3.05) is 19.4 Å². The van der Waals surface area contributed by atoms with Gasteiger partial charge in [-0.05, 0) is 61.9 Å². The molecule has 5 N–H and O–H groups in total. The van der Waals surface area contributed by atoms with Crippen LogP contribution in [-0.4, -0.2) is 36.1 Å². The van der Waals surface area contributed by atoms with Crippen molar-refractivity contribution in [2.24, 2.45) is 0 Å². The third-order valence-corrected chi connectivity index (χ3v) is 5.70. The lowest BCUT2D eigenvalue weighted by molar-refractivity contribution is 0.0868. The SMILES string of the molecule is CNC(=O)c1c(-c2ccc(F)cc2)oc2cc(N)c(-c3cccc(C(=O)NC(C)(C)CO)c3)cc12. The van der Waals surface area contributed by atoms with Crippen molar-refractivity contribution in [1.29, 1.82) is 0 Å². The average molecular weight is 476 g/mol. The van der Waals surface area contributed by atoms with Crippen molar-refractivity contribution in [3.63, 3.8) is 0 Å². The summed E-state index contributed by atoms with van der Waals surface area (Å²) < 4.78 is 19.5. The maximum Gasteiger partial charge on any atom is 0.255 e. The van der Waals surface area contributed by atoms with Crippen LogP contribution in [0.3, 0.4) is 0 Å². The van der Waals surface area contributed by atoms with Gasteiger partial charge >= 0.3 is 0 Å². The number of anilines is 1. The summed E-state index contributed by atoms with van der Waals surface area (Å²) in [6.07, 6.45) is 0. The quantitative estimate of drug-likeness (QED) is 0.309. The highest BCUT2D eigenvalue weighted by Gasteiger charge is 2.24. The second-order valence-corrected chi connectivity index (χ2v) is 8.90. The zero-order chi connectivity index (χ0) is 25.3. The molecule has 1 heterocycles. The summed E-state index contributed by atoms with van der Waals surface area (Å²) in [4.78, 5) is 25.6. The summed E-state index contributed by atoms with van der Waals surface area (Å²) in [7, 11) is 1.52. The molecule has 0 spiro atoms. The number of aliphatic hydroxyl groups excluding tert-OH is 1. The first-order chi connectivity index (χ1) is 16.6. The number of nitrogens with two attached hydrogens (primary N) is 1. The van der Waals surface area contributed by atoms with E-state index in [4.69, 9.17) is 10.2 Å². The van der Waals surface area contributed by atoms with Crippen LogP contribution in [-0.2, 0) is 0 Å². The molecule has 2 amide bonds. The number of fused-ring (bicyclic) bond motifs is 1. The molecule has 180 valence electrons. The van der Waals surface area contributed by atoms with E-state index >= 15 is 0 Å². The first-order valence-electron chi connectivity index (χ1n) is 11.0. The smallest absolute Gasteiger partial charge is 0.255 e. The minimum absolute atomic E-state index is 0.207. The second-order valence-electron chi connectivity index (χ2n) is 8.90. The number of amides is 2. The number of benzene rings is 3. The van der Waals surface area contributed by atoms with Gasteiger partial charge in [0.15, 0.2) is 0 Å². The van der Waals surface area contributed by atoms with Gasteiger partial charge < -0.3 is 25.9 Å². The maximum absolute atomic E-state index is 13.5. The van der Waals surface area contributed by atoms with Crippen LogP contribution in [0.15, 0.2) is 65.1 Å². The number of nitrogen functional groups attached to an aromatic ring is 1. The zero-order valence-corrected chi connectivity index (χ0v) is 19.6. The van der Waals surface area contributed by atoms with Crippen LogP contribution in [0.4, 0.5) is 10.1 Å². The Morgan fingerprint density at radius 2 is 1.74 bits per heavy atom. The maximum atomic E-state index is 13.5. The molecule has 0 saturated heterocycles. The van der Waals surface area contributed by atoms with Gasteiger partial charge in [-0.15, -0.1) is 0 Å². The minimum atomic E-state index is -0.777. The fourth-order valence-electron chi connectivity index (χ4n) is 3.81. The van der Waals surface area contributed by atoms with Crippen LogP contribution in [0.5, 0.6) is 0 Å². The summed E-state index contributed by atoms with van der Waals surface area (Å²) in [6, 6.07) is 16.0. The van der Waals surface area contributed by atoms with Crippen LogP contribution in [0, 0.1) is 5.82 Å². The van der Waals surface area contributed by atoms with Gasteiger partial charge in [-0.3, -0.25) is 9.59 Å². The van der Waals surface area contributed by atoms with E-state index in [0.717, 1.165) is 0 Å². The first kappa shape index (κ1) is 24.0. The van der Waals surface area contributed by atoms with E-state index in [-0.39, 0.29) is 18.4 Å². The Morgan fingerprint density at radius 3 is 2.40 bits per heavy atom. The number of nitrogens with one attached hydrogen (secondary N) is 2. The van der Waals surface area contributed by atoms with Gasteiger partial charge in [0.1, 0.15) is 17.2 Å². The van der Waals surface area contributed by atoms with Crippen LogP contribution in [0.1, 0.15) is 34.6 Å². The Hall–Kier alpha value is -4.17. The number of halogens is 1. The second kappa shape index (κ2) is 9.23. The number of carbonyl (C=O) groups is 2. The topological polar surface area (TPSA) is 118 Å². The van der Waals surface area contributed by atoms with Crippen LogP contribution in [0.25, 0.3) is 33.4 Å². The van der Waals surface area contributed by atoms with Crippen molar-refractivity contribution < 1.29 is 23.5 Å². The molecule has 0 bridgehead atoms. The Kier molecular flexibility index (Phi) is 6.32. The zero-order valence-electron chi connectivity index (χ0n) is 19.6. The number of hydrogen-bond acceptors (Lipinski definition) is 5. The van der Waals surface area contributed by atoms with Gasteiger partial charge in [-0.25, -0.2) is 4.39 Å². The lowest BCUT2D eigenvalue weighted by Gasteiger charge is -2.23. The lowest BCUT2D eigenvalue weighted by atomic mass is 9.97. The van der Waals surface area contributed by atoms with Gasteiger partial charge in [-0.2, -0.15) is 0 Å². The van der Waals surface area contributed by atoms with Gasteiger partial charge in [-0.1, -0.05) is 12.1 Å². The molecule has 0 radical (unpaired) electrons. The van der Waals surface area contributed by atoms with E-state index in [1.54, 1.807) is 56.3 Å².